The first-order valence-electron chi connectivity index (χ1n) is 4.65. The second-order valence-corrected chi connectivity index (χ2v) is 5.15. The Kier molecular flexibility index (Phi) is 6.23. The number of ether oxygens (including phenoxy) is 1. The molecule has 0 spiro atoms. The van der Waals surface area contributed by atoms with Gasteiger partial charge < -0.3 is 0 Å². The molecule has 0 fully saturated rings. The second-order valence-electron chi connectivity index (χ2n) is 4.09. The van der Waals surface area contributed by atoms with Crippen LogP contribution in [0.4, 0.5) is 0 Å². The standard InChI is InChI=1S/C10H20OTe/c1-5-6-7-8-11-9(12)10(2,3)4/h5-8H2,1-4H3. The zero-order valence-electron chi connectivity index (χ0n) is 8.64. The van der Waals surface area contributed by atoms with Crippen molar-refractivity contribution in [2.75, 3.05) is 6.61 Å². The Morgan fingerprint density at radius 2 is 1.83 bits per heavy atom. The normalized spacial score (nSPS) is 11.3. The monoisotopic (exact) mass is 286 g/mol. The van der Waals surface area contributed by atoms with Gasteiger partial charge in [-0.05, 0) is 0 Å². The summed E-state index contributed by atoms with van der Waals surface area (Å²) < 4.78 is 6.79. The van der Waals surface area contributed by atoms with Gasteiger partial charge in [-0.1, -0.05) is 0 Å². The molecule has 0 aromatic heterocycles. The van der Waals surface area contributed by atoms with E-state index >= 15 is 0 Å². The Bertz CT molecular complexity index is 135. The molecule has 0 radical (unpaired) electrons. The third-order valence-corrected chi connectivity index (χ3v) is 3.68. The molecule has 0 aliphatic carbocycles. The van der Waals surface area contributed by atoms with Gasteiger partial charge in [-0.15, -0.1) is 0 Å². The second kappa shape index (κ2) is 6.00. The van der Waals surface area contributed by atoms with Crippen LogP contribution in [0.2, 0.25) is 0 Å². The van der Waals surface area contributed by atoms with Crippen LogP contribution in [0.25, 0.3) is 0 Å². The minimum absolute atomic E-state index is 0.205. The van der Waals surface area contributed by atoms with Crippen molar-refractivity contribution in [1.82, 2.24) is 0 Å². The Hall–Kier alpha value is 0.460. The van der Waals surface area contributed by atoms with E-state index < -0.39 is 0 Å². The number of unbranched alkanes of at least 4 members (excludes halogenated alkanes) is 2. The van der Waals surface area contributed by atoms with E-state index in [0.717, 1.165) is 10.3 Å². The van der Waals surface area contributed by atoms with Crippen LogP contribution < -0.4 is 0 Å². The molecule has 0 saturated carbocycles. The summed E-state index contributed by atoms with van der Waals surface area (Å²) in [5, 5.41) is 0. The third kappa shape index (κ3) is 6.03. The molecule has 12 heavy (non-hydrogen) atoms. The quantitative estimate of drug-likeness (QED) is 0.557. The molecule has 0 saturated heterocycles. The maximum absolute atomic E-state index is 5.63. The van der Waals surface area contributed by atoms with E-state index in [1.165, 1.54) is 19.3 Å². The van der Waals surface area contributed by atoms with Crippen molar-refractivity contribution < 1.29 is 4.74 Å². The van der Waals surface area contributed by atoms with Crippen molar-refractivity contribution in [3.63, 3.8) is 0 Å². The molecule has 0 aliphatic rings. The maximum atomic E-state index is 5.63. The predicted molar refractivity (Wildman–Crippen MR) is 55.7 cm³/mol. The van der Waals surface area contributed by atoms with Crippen LogP contribution in [-0.2, 0) is 4.74 Å². The van der Waals surface area contributed by atoms with Gasteiger partial charge in [-0.2, -0.15) is 0 Å². The zero-order valence-corrected chi connectivity index (χ0v) is 11.0. The van der Waals surface area contributed by atoms with Gasteiger partial charge >= 0.3 is 89.3 Å². The topological polar surface area (TPSA) is 9.23 Å². The molecule has 0 aromatic carbocycles. The Morgan fingerprint density at radius 3 is 2.25 bits per heavy atom. The first kappa shape index (κ1) is 12.5. The van der Waals surface area contributed by atoms with Crippen LogP contribution in [0.15, 0.2) is 0 Å². The van der Waals surface area contributed by atoms with Crippen LogP contribution in [-0.4, -0.2) is 32.2 Å². The summed E-state index contributed by atoms with van der Waals surface area (Å²) in [6.07, 6.45) is 3.73. The van der Waals surface area contributed by atoms with Gasteiger partial charge in [0.25, 0.3) is 0 Å². The van der Waals surface area contributed by atoms with E-state index in [1.807, 2.05) is 21.8 Å². The van der Waals surface area contributed by atoms with Crippen molar-refractivity contribution in [3.05, 3.63) is 0 Å². The Morgan fingerprint density at radius 1 is 1.25 bits per heavy atom. The van der Waals surface area contributed by atoms with Crippen LogP contribution >= 0.6 is 0 Å². The van der Waals surface area contributed by atoms with Gasteiger partial charge in [-0.3, -0.25) is 0 Å². The molecule has 0 N–H and O–H groups in total. The molecule has 0 rings (SSSR count). The summed E-state index contributed by atoms with van der Waals surface area (Å²) in [4.78, 5) is 0. The number of hydrogen-bond acceptors (Lipinski definition) is 1. The van der Waals surface area contributed by atoms with E-state index in [9.17, 15) is 0 Å². The van der Waals surface area contributed by atoms with E-state index in [2.05, 4.69) is 27.7 Å². The van der Waals surface area contributed by atoms with Crippen molar-refractivity contribution in [2.45, 2.75) is 47.0 Å². The van der Waals surface area contributed by atoms with Crippen molar-refractivity contribution in [2.24, 2.45) is 5.41 Å². The molecule has 2 heteroatoms. The fourth-order valence-electron chi connectivity index (χ4n) is 0.733. The SMILES string of the molecule is CCCCCOC(=[Te])C(C)(C)C. The molecular weight excluding hydrogens is 264 g/mol. The summed E-state index contributed by atoms with van der Waals surface area (Å²) >= 11 is 2.00. The fourth-order valence-corrected chi connectivity index (χ4v) is 0.971. The van der Waals surface area contributed by atoms with E-state index in [1.54, 1.807) is 0 Å². The Labute approximate surface area is 89.3 Å². The molecule has 0 unspecified atom stereocenters. The number of hydrogen-bond donors (Lipinski definition) is 0. The third-order valence-electron chi connectivity index (χ3n) is 1.59. The van der Waals surface area contributed by atoms with Gasteiger partial charge in [0.15, 0.2) is 0 Å². The summed E-state index contributed by atoms with van der Waals surface area (Å²) in [6, 6.07) is 0. The molecule has 0 aliphatic heterocycles. The zero-order chi connectivity index (χ0) is 9.61. The van der Waals surface area contributed by atoms with Gasteiger partial charge in [-0.25, -0.2) is 0 Å². The van der Waals surface area contributed by atoms with Crippen LogP contribution in [0.3, 0.4) is 0 Å². The summed E-state index contributed by atoms with van der Waals surface area (Å²) in [5.74, 6) is 0. The summed E-state index contributed by atoms with van der Waals surface area (Å²) in [5.41, 5.74) is 0.205. The summed E-state index contributed by atoms with van der Waals surface area (Å²) in [6.45, 7) is 9.65. The van der Waals surface area contributed by atoms with Gasteiger partial charge in [0, 0.05) is 0 Å². The predicted octanol–water partition coefficient (Wildman–Crippen LogP) is 2.54. The average molecular weight is 284 g/mol. The van der Waals surface area contributed by atoms with Gasteiger partial charge in [0.05, 0.1) is 0 Å². The van der Waals surface area contributed by atoms with E-state index in [-0.39, 0.29) is 5.41 Å². The molecule has 0 amide bonds. The van der Waals surface area contributed by atoms with Crippen LogP contribution in [0, 0.1) is 5.41 Å². The van der Waals surface area contributed by atoms with Crippen LogP contribution in [0.1, 0.15) is 47.0 Å². The van der Waals surface area contributed by atoms with Crippen molar-refractivity contribution in [3.8, 4) is 0 Å². The average Bonchev–Trinajstić information content (AvgIpc) is 1.96. The molecule has 0 aromatic rings. The van der Waals surface area contributed by atoms with Crippen molar-refractivity contribution in [1.29, 1.82) is 0 Å². The van der Waals surface area contributed by atoms with E-state index in [0.29, 0.717) is 0 Å². The van der Waals surface area contributed by atoms with Gasteiger partial charge in [0.1, 0.15) is 0 Å². The molecule has 0 heterocycles. The summed E-state index contributed by atoms with van der Waals surface area (Å²) in [7, 11) is 0. The fraction of sp³-hybridized carbons (Fsp3) is 0.900. The molecule has 0 atom stereocenters. The van der Waals surface area contributed by atoms with Gasteiger partial charge in [0.2, 0.25) is 0 Å². The molecule has 72 valence electrons. The Balaban J connectivity index is 3.45. The first-order valence-corrected chi connectivity index (χ1v) is 5.82. The van der Waals surface area contributed by atoms with Crippen LogP contribution in [0.5, 0.6) is 0 Å². The van der Waals surface area contributed by atoms with Crippen molar-refractivity contribution >= 4 is 25.6 Å². The number of rotatable bonds is 5. The van der Waals surface area contributed by atoms with E-state index in [4.69, 9.17) is 4.74 Å². The molecule has 0 bridgehead atoms. The molecular formula is C10H20OTe. The molecule has 1 nitrogen and oxygen atoms in total. The minimum atomic E-state index is 0.205. The first-order chi connectivity index (χ1) is 5.48.